The summed E-state index contributed by atoms with van der Waals surface area (Å²) in [6.07, 6.45) is 2.73. The van der Waals surface area contributed by atoms with Crippen molar-refractivity contribution in [3.05, 3.63) is 70.5 Å². The third kappa shape index (κ3) is 2.17. The molecule has 0 aromatic heterocycles. The van der Waals surface area contributed by atoms with Gasteiger partial charge in [-0.25, -0.2) is 4.39 Å². The maximum Gasteiger partial charge on any atom is 0.123 e. The highest BCUT2D eigenvalue weighted by atomic mass is 19.1. The molecule has 1 aliphatic carbocycles. The van der Waals surface area contributed by atoms with Gasteiger partial charge in [-0.2, -0.15) is 0 Å². The lowest BCUT2D eigenvalue weighted by atomic mass is 9.73. The van der Waals surface area contributed by atoms with Crippen molar-refractivity contribution in [3.63, 3.8) is 0 Å². The average Bonchev–Trinajstić information content (AvgIpc) is 2.38. The molecule has 98 valence electrons. The summed E-state index contributed by atoms with van der Waals surface area (Å²) < 4.78 is 13.2. The van der Waals surface area contributed by atoms with Crippen LogP contribution in [0.15, 0.2) is 42.5 Å². The lowest BCUT2D eigenvalue weighted by molar-refractivity contribution is 0.383. The molecule has 0 saturated heterocycles. The molecule has 1 atom stereocenters. The number of benzene rings is 2. The predicted octanol–water partition coefficient (Wildman–Crippen LogP) is 3.48. The number of aryl methyl sites for hydroxylation is 2. The van der Waals surface area contributed by atoms with Crippen molar-refractivity contribution in [1.29, 1.82) is 0 Å². The number of hydrogen-bond acceptors (Lipinski definition) is 1. The van der Waals surface area contributed by atoms with Crippen molar-refractivity contribution in [2.75, 3.05) is 0 Å². The molecule has 0 bridgehead atoms. The van der Waals surface area contributed by atoms with E-state index in [4.69, 9.17) is 5.73 Å². The summed E-state index contributed by atoms with van der Waals surface area (Å²) in [6.45, 7) is 1.94. The maximum atomic E-state index is 13.2. The molecular weight excluding hydrogens is 237 g/mol. The van der Waals surface area contributed by atoms with Crippen LogP contribution in [0.1, 0.15) is 28.7 Å². The molecule has 2 N–H and O–H groups in total. The van der Waals surface area contributed by atoms with E-state index in [-0.39, 0.29) is 11.4 Å². The van der Waals surface area contributed by atoms with E-state index in [0.29, 0.717) is 0 Å². The monoisotopic (exact) mass is 255 g/mol. The second-order valence-corrected chi connectivity index (χ2v) is 5.56. The topological polar surface area (TPSA) is 26.0 Å². The van der Waals surface area contributed by atoms with Crippen LogP contribution in [0.2, 0.25) is 0 Å². The summed E-state index contributed by atoms with van der Waals surface area (Å²) in [4.78, 5) is 0. The van der Waals surface area contributed by atoms with Crippen molar-refractivity contribution in [2.24, 2.45) is 5.73 Å². The molecule has 1 nitrogen and oxygen atoms in total. The third-order valence-electron chi connectivity index (χ3n) is 4.19. The van der Waals surface area contributed by atoms with E-state index in [1.807, 2.05) is 13.0 Å². The number of halogens is 1. The van der Waals surface area contributed by atoms with Gasteiger partial charge in [0.05, 0.1) is 0 Å². The predicted molar refractivity (Wildman–Crippen MR) is 75.5 cm³/mol. The van der Waals surface area contributed by atoms with Crippen LogP contribution in [0.25, 0.3) is 0 Å². The first-order valence-corrected chi connectivity index (χ1v) is 6.71. The molecule has 0 heterocycles. The Kier molecular flexibility index (Phi) is 2.90. The van der Waals surface area contributed by atoms with E-state index < -0.39 is 0 Å². The fraction of sp³-hybridized carbons (Fsp3) is 0.294. The second-order valence-electron chi connectivity index (χ2n) is 5.56. The molecule has 3 rings (SSSR count). The van der Waals surface area contributed by atoms with E-state index in [0.717, 1.165) is 30.4 Å². The minimum Gasteiger partial charge on any atom is -0.321 e. The number of nitrogens with two attached hydrogens (primary N) is 1. The average molecular weight is 255 g/mol. The highest BCUT2D eigenvalue weighted by molar-refractivity contribution is 5.40. The maximum absolute atomic E-state index is 13.2. The standard InChI is InChI=1S/C17H18FN/c1-12-10-15(18)6-7-16(12)17(19)9-8-13-4-2-3-5-14(13)11-17/h2-7,10H,8-9,11,19H2,1H3. The van der Waals surface area contributed by atoms with E-state index in [1.54, 1.807) is 6.07 Å². The van der Waals surface area contributed by atoms with Crippen LogP contribution in [-0.2, 0) is 18.4 Å². The zero-order chi connectivity index (χ0) is 13.5. The molecule has 0 saturated carbocycles. The van der Waals surface area contributed by atoms with Gasteiger partial charge < -0.3 is 5.73 Å². The Labute approximate surface area is 113 Å². The van der Waals surface area contributed by atoms with Gasteiger partial charge in [-0.15, -0.1) is 0 Å². The summed E-state index contributed by atoms with van der Waals surface area (Å²) >= 11 is 0. The van der Waals surface area contributed by atoms with Gasteiger partial charge in [-0.05, 0) is 60.6 Å². The van der Waals surface area contributed by atoms with Crippen LogP contribution < -0.4 is 5.73 Å². The number of rotatable bonds is 1. The summed E-state index contributed by atoms with van der Waals surface area (Å²) in [5.74, 6) is -0.193. The minimum absolute atomic E-state index is 0.193. The number of fused-ring (bicyclic) bond motifs is 1. The van der Waals surface area contributed by atoms with Gasteiger partial charge in [-0.3, -0.25) is 0 Å². The van der Waals surface area contributed by atoms with Gasteiger partial charge >= 0.3 is 0 Å². The third-order valence-corrected chi connectivity index (χ3v) is 4.19. The van der Waals surface area contributed by atoms with Crippen molar-refractivity contribution in [3.8, 4) is 0 Å². The van der Waals surface area contributed by atoms with Crippen LogP contribution in [0.5, 0.6) is 0 Å². The first-order valence-electron chi connectivity index (χ1n) is 6.71. The molecule has 1 unspecified atom stereocenters. The fourth-order valence-corrected chi connectivity index (χ4v) is 3.18. The first kappa shape index (κ1) is 12.4. The molecule has 2 aromatic carbocycles. The van der Waals surface area contributed by atoms with Gasteiger partial charge in [-0.1, -0.05) is 30.3 Å². The Bertz CT molecular complexity index is 620. The quantitative estimate of drug-likeness (QED) is 0.829. The fourth-order valence-electron chi connectivity index (χ4n) is 3.18. The summed E-state index contributed by atoms with van der Waals surface area (Å²) in [5.41, 5.74) is 11.0. The van der Waals surface area contributed by atoms with Crippen LogP contribution in [0, 0.1) is 12.7 Å². The van der Waals surface area contributed by atoms with Gasteiger partial charge in [0.15, 0.2) is 0 Å². The molecule has 1 aliphatic rings. The SMILES string of the molecule is Cc1cc(F)ccc1C1(N)CCc2ccccc2C1. The summed E-state index contributed by atoms with van der Waals surface area (Å²) in [5, 5.41) is 0. The van der Waals surface area contributed by atoms with Gasteiger partial charge in [0.25, 0.3) is 0 Å². The second kappa shape index (κ2) is 4.46. The minimum atomic E-state index is -0.369. The van der Waals surface area contributed by atoms with Crippen molar-refractivity contribution >= 4 is 0 Å². The Morgan fingerprint density at radius 2 is 1.84 bits per heavy atom. The lowest BCUT2D eigenvalue weighted by Gasteiger charge is -2.36. The zero-order valence-corrected chi connectivity index (χ0v) is 11.1. The molecule has 2 heteroatoms. The van der Waals surface area contributed by atoms with Gasteiger partial charge in [0.2, 0.25) is 0 Å². The first-order chi connectivity index (χ1) is 9.08. The molecule has 19 heavy (non-hydrogen) atoms. The summed E-state index contributed by atoms with van der Waals surface area (Å²) in [6, 6.07) is 13.4. The van der Waals surface area contributed by atoms with Crippen LogP contribution in [0.3, 0.4) is 0 Å². The van der Waals surface area contributed by atoms with Gasteiger partial charge in [0, 0.05) is 5.54 Å². The molecule has 0 amide bonds. The highest BCUT2D eigenvalue weighted by Gasteiger charge is 2.33. The number of hydrogen-bond donors (Lipinski definition) is 1. The van der Waals surface area contributed by atoms with E-state index in [1.165, 1.54) is 17.2 Å². The van der Waals surface area contributed by atoms with Gasteiger partial charge in [0.1, 0.15) is 5.82 Å². The van der Waals surface area contributed by atoms with Crippen molar-refractivity contribution in [2.45, 2.75) is 31.7 Å². The summed E-state index contributed by atoms with van der Waals surface area (Å²) in [7, 11) is 0. The molecule has 0 aliphatic heterocycles. The van der Waals surface area contributed by atoms with Crippen LogP contribution in [-0.4, -0.2) is 0 Å². The highest BCUT2D eigenvalue weighted by Crippen LogP contribution is 2.35. The largest absolute Gasteiger partial charge is 0.321 e. The molecule has 0 spiro atoms. The molecular formula is C17H18FN. The molecule has 2 aromatic rings. The van der Waals surface area contributed by atoms with Crippen molar-refractivity contribution in [1.82, 2.24) is 0 Å². The normalized spacial score (nSPS) is 22.1. The smallest absolute Gasteiger partial charge is 0.123 e. The Morgan fingerprint density at radius 1 is 1.11 bits per heavy atom. The lowest BCUT2D eigenvalue weighted by Crippen LogP contribution is -2.42. The molecule has 0 fully saturated rings. The van der Waals surface area contributed by atoms with Crippen LogP contribution in [0.4, 0.5) is 4.39 Å². The van der Waals surface area contributed by atoms with Crippen LogP contribution >= 0.6 is 0 Å². The van der Waals surface area contributed by atoms with E-state index >= 15 is 0 Å². The Morgan fingerprint density at radius 3 is 2.58 bits per heavy atom. The Balaban J connectivity index is 2.01. The van der Waals surface area contributed by atoms with E-state index in [2.05, 4.69) is 24.3 Å². The Hall–Kier alpha value is -1.67. The molecule has 0 radical (unpaired) electrons. The van der Waals surface area contributed by atoms with E-state index in [9.17, 15) is 4.39 Å². The van der Waals surface area contributed by atoms with Crippen molar-refractivity contribution < 1.29 is 4.39 Å². The zero-order valence-electron chi connectivity index (χ0n) is 11.1.